The Labute approximate surface area is 302 Å². The van der Waals surface area contributed by atoms with E-state index in [1.807, 2.05) is 36.9 Å². The number of rotatable bonds is 5. The van der Waals surface area contributed by atoms with Gasteiger partial charge in [0.05, 0.1) is 0 Å². The molecule has 0 amide bonds. The van der Waals surface area contributed by atoms with Gasteiger partial charge in [-0.15, -0.1) is 0 Å². The number of benzene rings is 8. The highest BCUT2D eigenvalue weighted by Gasteiger charge is 2.20. The summed E-state index contributed by atoms with van der Waals surface area (Å²) in [4.78, 5) is 8.86. The standard InChI is InChI=1S/C50H32N2/c1-2-12-33(13-3-1)44-28-36-14-4-5-21-41(36)45-29-47-48(30-46(44)45)50(38-18-9-16-35(27-38)40-20-11-25-52-32-40)43-23-7-6-22-42(43)49(47)37-17-8-15-34(26-37)39-19-10-24-51-31-39/h1-32H. The maximum atomic E-state index is 4.43. The molecule has 0 N–H and O–H groups in total. The van der Waals surface area contributed by atoms with Gasteiger partial charge in [0.1, 0.15) is 0 Å². The maximum absolute atomic E-state index is 4.43. The first-order valence-electron chi connectivity index (χ1n) is 17.7. The van der Waals surface area contributed by atoms with Crippen LogP contribution in [-0.4, -0.2) is 9.97 Å². The topological polar surface area (TPSA) is 25.8 Å². The SMILES string of the molecule is c1ccc(-c2cc3ccccc3c3cc4c(-c5cccc(-c6cccnc6)c5)c5ccccc5c(-c5cccc(-c6cccnc6)c5)c4cc23)cc1. The minimum atomic E-state index is 1.10. The van der Waals surface area contributed by atoms with Crippen molar-refractivity contribution in [1.29, 1.82) is 0 Å². The van der Waals surface area contributed by atoms with Crippen LogP contribution >= 0.6 is 0 Å². The number of hydrogen-bond donors (Lipinski definition) is 0. The van der Waals surface area contributed by atoms with E-state index in [4.69, 9.17) is 0 Å². The second-order valence-corrected chi connectivity index (χ2v) is 13.4. The largest absolute Gasteiger partial charge is 0.264 e. The molecule has 0 saturated heterocycles. The fourth-order valence-electron chi connectivity index (χ4n) is 8.02. The molecule has 0 aliphatic heterocycles. The molecule has 10 aromatic rings. The van der Waals surface area contributed by atoms with E-state index >= 15 is 0 Å². The fourth-order valence-corrected chi connectivity index (χ4v) is 8.02. The van der Waals surface area contributed by atoms with Gasteiger partial charge in [0.2, 0.25) is 0 Å². The van der Waals surface area contributed by atoms with Crippen molar-refractivity contribution in [3.05, 3.63) is 195 Å². The fraction of sp³-hybridized carbons (Fsp3) is 0. The third-order valence-corrected chi connectivity index (χ3v) is 10.4. The first kappa shape index (κ1) is 30.0. The number of fused-ring (bicyclic) bond motifs is 5. The van der Waals surface area contributed by atoms with Crippen molar-refractivity contribution in [3.63, 3.8) is 0 Å². The van der Waals surface area contributed by atoms with Crippen LogP contribution in [-0.2, 0) is 0 Å². The third-order valence-electron chi connectivity index (χ3n) is 10.4. The van der Waals surface area contributed by atoms with E-state index in [1.165, 1.54) is 76.5 Å². The van der Waals surface area contributed by atoms with Crippen LogP contribution in [0.25, 0.3) is 98.7 Å². The summed E-state index contributed by atoms with van der Waals surface area (Å²) in [6, 6.07) is 61.9. The van der Waals surface area contributed by atoms with Gasteiger partial charge in [-0.25, -0.2) is 0 Å². The zero-order valence-corrected chi connectivity index (χ0v) is 28.4. The highest BCUT2D eigenvalue weighted by molar-refractivity contribution is 6.27. The molecule has 0 bridgehead atoms. The molecule has 52 heavy (non-hydrogen) atoms. The van der Waals surface area contributed by atoms with Crippen LogP contribution < -0.4 is 0 Å². The highest BCUT2D eigenvalue weighted by Crippen LogP contribution is 2.48. The molecule has 2 heterocycles. The molecule has 0 unspecified atom stereocenters. The molecule has 0 saturated carbocycles. The summed E-state index contributed by atoms with van der Waals surface area (Å²) >= 11 is 0. The summed E-state index contributed by atoms with van der Waals surface area (Å²) in [7, 11) is 0. The van der Waals surface area contributed by atoms with Crippen molar-refractivity contribution >= 4 is 43.1 Å². The van der Waals surface area contributed by atoms with Gasteiger partial charge >= 0.3 is 0 Å². The number of nitrogens with zero attached hydrogens (tertiary/aromatic N) is 2. The first-order valence-corrected chi connectivity index (χ1v) is 17.7. The molecule has 0 fully saturated rings. The number of aromatic nitrogens is 2. The van der Waals surface area contributed by atoms with Gasteiger partial charge in [-0.3, -0.25) is 9.97 Å². The first-order chi connectivity index (χ1) is 25.8. The molecule has 8 aromatic carbocycles. The van der Waals surface area contributed by atoms with Crippen molar-refractivity contribution in [2.24, 2.45) is 0 Å². The van der Waals surface area contributed by atoms with Gasteiger partial charge in [-0.2, -0.15) is 0 Å². The summed E-state index contributed by atoms with van der Waals surface area (Å²) in [5.74, 6) is 0. The Morgan fingerprint density at radius 2 is 0.750 bits per heavy atom. The lowest BCUT2D eigenvalue weighted by molar-refractivity contribution is 1.33. The summed E-state index contributed by atoms with van der Waals surface area (Å²) in [6.07, 6.45) is 7.54. The molecule has 242 valence electrons. The van der Waals surface area contributed by atoms with E-state index in [0.717, 1.165) is 22.3 Å². The number of pyridine rings is 2. The van der Waals surface area contributed by atoms with E-state index < -0.39 is 0 Å². The van der Waals surface area contributed by atoms with Crippen LogP contribution in [0.2, 0.25) is 0 Å². The van der Waals surface area contributed by atoms with Gasteiger partial charge in [0.25, 0.3) is 0 Å². The summed E-state index contributed by atoms with van der Waals surface area (Å²) in [5, 5.41) is 9.88. The average Bonchev–Trinajstić information content (AvgIpc) is 3.23. The van der Waals surface area contributed by atoms with Gasteiger partial charge < -0.3 is 0 Å². The Balaban J connectivity index is 1.38. The molecular weight excluding hydrogens is 629 g/mol. The maximum Gasteiger partial charge on any atom is 0.0346 e. The van der Waals surface area contributed by atoms with Crippen molar-refractivity contribution in [2.45, 2.75) is 0 Å². The monoisotopic (exact) mass is 660 g/mol. The Morgan fingerprint density at radius 3 is 1.33 bits per heavy atom. The molecule has 10 rings (SSSR count). The molecule has 0 aliphatic carbocycles. The van der Waals surface area contributed by atoms with Crippen molar-refractivity contribution in [3.8, 4) is 55.6 Å². The zero-order valence-electron chi connectivity index (χ0n) is 28.4. The predicted octanol–water partition coefficient (Wildman–Crippen LogP) is 13.4. The minimum absolute atomic E-state index is 1.10. The van der Waals surface area contributed by atoms with E-state index in [2.05, 4.69) is 168 Å². The second-order valence-electron chi connectivity index (χ2n) is 13.4. The molecule has 2 aromatic heterocycles. The van der Waals surface area contributed by atoms with Crippen LogP contribution in [0.5, 0.6) is 0 Å². The molecule has 0 aliphatic rings. The van der Waals surface area contributed by atoms with E-state index in [-0.39, 0.29) is 0 Å². The van der Waals surface area contributed by atoms with Crippen LogP contribution in [0.3, 0.4) is 0 Å². The van der Waals surface area contributed by atoms with Gasteiger partial charge in [0, 0.05) is 35.9 Å². The Bertz CT molecular complexity index is 2930. The molecule has 2 heteroatoms. The van der Waals surface area contributed by atoms with Crippen LogP contribution in [0.4, 0.5) is 0 Å². The molecular formula is C50H32N2. The normalized spacial score (nSPS) is 11.5. The predicted molar refractivity (Wildman–Crippen MR) is 219 cm³/mol. The molecule has 0 atom stereocenters. The van der Waals surface area contributed by atoms with Gasteiger partial charge in [-0.1, -0.05) is 127 Å². The Kier molecular flexibility index (Phi) is 7.18. The van der Waals surface area contributed by atoms with Crippen molar-refractivity contribution in [2.75, 3.05) is 0 Å². The van der Waals surface area contributed by atoms with Crippen LogP contribution in [0.1, 0.15) is 0 Å². The number of hydrogen-bond acceptors (Lipinski definition) is 2. The van der Waals surface area contributed by atoms with Crippen molar-refractivity contribution < 1.29 is 0 Å². The van der Waals surface area contributed by atoms with Gasteiger partial charge in [-0.05, 0) is 130 Å². The van der Waals surface area contributed by atoms with Crippen LogP contribution in [0.15, 0.2) is 195 Å². The summed E-state index contributed by atoms with van der Waals surface area (Å²) < 4.78 is 0. The lowest BCUT2D eigenvalue weighted by Gasteiger charge is -2.21. The second kappa shape index (κ2) is 12.5. The van der Waals surface area contributed by atoms with Gasteiger partial charge in [0.15, 0.2) is 0 Å². The lowest BCUT2D eigenvalue weighted by atomic mass is 9.82. The third kappa shape index (κ3) is 5.04. The summed E-state index contributed by atoms with van der Waals surface area (Å²) in [5.41, 5.74) is 11.8. The highest BCUT2D eigenvalue weighted by atomic mass is 14.6. The molecule has 0 radical (unpaired) electrons. The quantitative estimate of drug-likeness (QED) is 0.136. The molecule has 0 spiro atoms. The Hall–Kier alpha value is -6.90. The van der Waals surface area contributed by atoms with Crippen LogP contribution in [0, 0.1) is 0 Å². The average molecular weight is 661 g/mol. The van der Waals surface area contributed by atoms with E-state index in [1.54, 1.807) is 0 Å². The Morgan fingerprint density at radius 1 is 0.269 bits per heavy atom. The molecule has 2 nitrogen and oxygen atoms in total. The minimum Gasteiger partial charge on any atom is -0.264 e. The van der Waals surface area contributed by atoms with Crippen molar-refractivity contribution in [1.82, 2.24) is 9.97 Å². The lowest BCUT2D eigenvalue weighted by Crippen LogP contribution is -1.93. The summed E-state index contributed by atoms with van der Waals surface area (Å²) in [6.45, 7) is 0. The zero-order chi connectivity index (χ0) is 34.4. The smallest absolute Gasteiger partial charge is 0.0346 e. The van der Waals surface area contributed by atoms with E-state index in [0.29, 0.717) is 0 Å². The van der Waals surface area contributed by atoms with E-state index in [9.17, 15) is 0 Å².